The molecule has 0 spiro atoms. The zero-order valence-corrected chi connectivity index (χ0v) is 15.0. The Morgan fingerprint density at radius 3 is 2.63 bits per heavy atom. The largest absolute Gasteiger partial charge is 0.417 e. The first-order chi connectivity index (χ1) is 13.1. The maximum atomic E-state index is 12.4. The lowest BCUT2D eigenvalue weighted by atomic mass is 9.95. The van der Waals surface area contributed by atoms with Crippen molar-refractivity contribution >= 4 is 5.91 Å². The van der Waals surface area contributed by atoms with Gasteiger partial charge >= 0.3 is 17.5 Å². The lowest BCUT2D eigenvalue weighted by molar-refractivity contribution is 0.0668. The van der Waals surface area contributed by atoms with Crippen molar-refractivity contribution in [3.63, 3.8) is 0 Å². The average molecular weight is 368 g/mol. The third-order valence-corrected chi connectivity index (χ3v) is 4.83. The molecule has 0 atom stereocenters. The van der Waals surface area contributed by atoms with Gasteiger partial charge in [0.15, 0.2) is 0 Å². The molecule has 3 heterocycles. The van der Waals surface area contributed by atoms with E-state index in [0.29, 0.717) is 25.5 Å². The number of carbonyl (C=O) groups is 1. The first-order valence-electron chi connectivity index (χ1n) is 8.90. The summed E-state index contributed by atoms with van der Waals surface area (Å²) in [5.41, 5.74) is 0.829. The van der Waals surface area contributed by atoms with Crippen molar-refractivity contribution in [1.29, 1.82) is 0 Å². The number of nitrogens with one attached hydrogen (secondary N) is 1. The zero-order chi connectivity index (χ0) is 18.8. The van der Waals surface area contributed by atoms with Crippen LogP contribution in [0.3, 0.4) is 0 Å². The predicted octanol–water partition coefficient (Wildman–Crippen LogP) is 1.33. The average Bonchev–Trinajstić information content (AvgIpc) is 3.29. The van der Waals surface area contributed by atoms with Crippen LogP contribution in [0.25, 0.3) is 0 Å². The van der Waals surface area contributed by atoms with Crippen LogP contribution in [0.2, 0.25) is 0 Å². The molecule has 9 nitrogen and oxygen atoms in total. The Hall–Kier alpha value is -3.23. The number of aromatic amines is 1. The Kier molecular flexibility index (Phi) is 4.57. The molecule has 0 bridgehead atoms. The summed E-state index contributed by atoms with van der Waals surface area (Å²) in [5.74, 6) is 0.991. The number of aryl methyl sites for hydroxylation is 1. The number of benzene rings is 1. The standard InChI is InChI=1S/C18H20N6O3/c1-12-19-21-16(27-12)17(25)23-9-7-14(8-10-23)15-20-22-18(26)24(15)11-13-5-3-2-4-6-13/h2-6,14H,7-11H2,1H3,(H,22,26). The van der Waals surface area contributed by atoms with Crippen LogP contribution < -0.4 is 5.69 Å². The van der Waals surface area contributed by atoms with Gasteiger partial charge in [0.05, 0.1) is 6.54 Å². The van der Waals surface area contributed by atoms with E-state index in [1.165, 1.54) is 0 Å². The van der Waals surface area contributed by atoms with Gasteiger partial charge in [0.25, 0.3) is 0 Å². The smallest absolute Gasteiger partial charge is 0.343 e. The summed E-state index contributed by atoms with van der Waals surface area (Å²) in [6.07, 6.45) is 1.44. The molecule has 1 aliphatic heterocycles. The molecular weight excluding hydrogens is 348 g/mol. The molecule has 1 saturated heterocycles. The normalized spacial score (nSPS) is 15.2. The number of amides is 1. The van der Waals surface area contributed by atoms with Crippen LogP contribution in [0.15, 0.2) is 39.5 Å². The second-order valence-electron chi connectivity index (χ2n) is 6.65. The molecule has 3 aromatic rings. The van der Waals surface area contributed by atoms with Gasteiger partial charge < -0.3 is 9.32 Å². The van der Waals surface area contributed by atoms with Crippen molar-refractivity contribution in [2.24, 2.45) is 0 Å². The Morgan fingerprint density at radius 2 is 1.96 bits per heavy atom. The van der Waals surface area contributed by atoms with Crippen LogP contribution >= 0.6 is 0 Å². The van der Waals surface area contributed by atoms with Gasteiger partial charge in [-0.25, -0.2) is 9.89 Å². The molecule has 0 radical (unpaired) electrons. The minimum absolute atomic E-state index is 0.0201. The van der Waals surface area contributed by atoms with Gasteiger partial charge in [-0.05, 0) is 18.4 Å². The molecule has 0 saturated carbocycles. The topological polar surface area (TPSA) is 110 Å². The maximum Gasteiger partial charge on any atom is 0.343 e. The lowest BCUT2D eigenvalue weighted by Crippen LogP contribution is -2.38. The lowest BCUT2D eigenvalue weighted by Gasteiger charge is -2.30. The highest BCUT2D eigenvalue weighted by molar-refractivity contribution is 5.89. The molecule has 1 N–H and O–H groups in total. The van der Waals surface area contributed by atoms with E-state index in [9.17, 15) is 9.59 Å². The van der Waals surface area contributed by atoms with Crippen molar-refractivity contribution in [1.82, 2.24) is 29.9 Å². The number of likely N-dealkylation sites (tertiary alicyclic amines) is 1. The van der Waals surface area contributed by atoms with Crippen molar-refractivity contribution in [2.75, 3.05) is 13.1 Å². The van der Waals surface area contributed by atoms with Gasteiger partial charge in [-0.3, -0.25) is 9.36 Å². The van der Waals surface area contributed by atoms with Gasteiger partial charge in [0.1, 0.15) is 5.82 Å². The summed E-state index contributed by atoms with van der Waals surface area (Å²) < 4.78 is 6.90. The van der Waals surface area contributed by atoms with E-state index in [1.807, 2.05) is 30.3 Å². The van der Waals surface area contributed by atoms with Crippen LogP contribution in [0.1, 0.15) is 46.7 Å². The molecule has 2 aromatic heterocycles. The van der Waals surface area contributed by atoms with E-state index >= 15 is 0 Å². The highest BCUT2D eigenvalue weighted by atomic mass is 16.4. The van der Waals surface area contributed by atoms with Crippen LogP contribution in [0.5, 0.6) is 0 Å². The number of H-pyrrole nitrogens is 1. The van der Waals surface area contributed by atoms with E-state index in [0.717, 1.165) is 24.2 Å². The SMILES string of the molecule is Cc1nnc(C(=O)N2CCC(c3n[nH]c(=O)n3Cc3ccccc3)CC2)o1. The minimum atomic E-state index is -0.252. The first-order valence-corrected chi connectivity index (χ1v) is 8.90. The molecular formula is C18H20N6O3. The van der Waals surface area contributed by atoms with E-state index in [2.05, 4.69) is 20.4 Å². The fourth-order valence-corrected chi connectivity index (χ4v) is 3.42. The van der Waals surface area contributed by atoms with Crippen molar-refractivity contribution < 1.29 is 9.21 Å². The fourth-order valence-electron chi connectivity index (χ4n) is 3.42. The van der Waals surface area contributed by atoms with E-state index in [-0.39, 0.29) is 23.4 Å². The van der Waals surface area contributed by atoms with Gasteiger partial charge in [-0.15, -0.1) is 10.2 Å². The Bertz CT molecular complexity index is 982. The first kappa shape index (κ1) is 17.2. The molecule has 0 aliphatic carbocycles. The molecule has 4 rings (SSSR count). The molecule has 27 heavy (non-hydrogen) atoms. The number of nitrogens with zero attached hydrogens (tertiary/aromatic N) is 5. The number of aromatic nitrogens is 5. The highest BCUT2D eigenvalue weighted by Crippen LogP contribution is 2.27. The Balaban J connectivity index is 1.46. The number of hydrogen-bond acceptors (Lipinski definition) is 6. The third-order valence-electron chi connectivity index (χ3n) is 4.83. The molecule has 1 amide bonds. The minimum Gasteiger partial charge on any atom is -0.417 e. The van der Waals surface area contributed by atoms with E-state index in [4.69, 9.17) is 4.42 Å². The zero-order valence-electron chi connectivity index (χ0n) is 15.0. The molecule has 1 aliphatic rings. The monoisotopic (exact) mass is 368 g/mol. The molecule has 1 fully saturated rings. The molecule has 9 heteroatoms. The summed E-state index contributed by atoms with van der Waals surface area (Å²) in [5, 5.41) is 14.3. The molecule has 0 unspecified atom stereocenters. The van der Waals surface area contributed by atoms with Gasteiger partial charge in [0, 0.05) is 25.9 Å². The number of piperidine rings is 1. The predicted molar refractivity (Wildman–Crippen MR) is 95.3 cm³/mol. The number of carbonyl (C=O) groups excluding carboxylic acids is 1. The van der Waals surface area contributed by atoms with Crippen LogP contribution in [-0.4, -0.2) is 48.9 Å². The van der Waals surface area contributed by atoms with Gasteiger partial charge in [-0.1, -0.05) is 30.3 Å². The molecule has 140 valence electrons. The molecule has 1 aromatic carbocycles. The summed E-state index contributed by atoms with van der Waals surface area (Å²) in [4.78, 5) is 26.3. The number of hydrogen-bond donors (Lipinski definition) is 1. The van der Waals surface area contributed by atoms with Crippen molar-refractivity contribution in [3.8, 4) is 0 Å². The summed E-state index contributed by atoms with van der Waals surface area (Å²) >= 11 is 0. The van der Waals surface area contributed by atoms with E-state index < -0.39 is 0 Å². The second kappa shape index (κ2) is 7.18. The summed E-state index contributed by atoms with van der Waals surface area (Å²) in [7, 11) is 0. The maximum absolute atomic E-state index is 12.4. The summed E-state index contributed by atoms with van der Waals surface area (Å²) in [6.45, 7) is 3.24. The summed E-state index contributed by atoms with van der Waals surface area (Å²) in [6, 6.07) is 9.81. The van der Waals surface area contributed by atoms with Crippen LogP contribution in [-0.2, 0) is 6.54 Å². The van der Waals surface area contributed by atoms with Gasteiger partial charge in [0.2, 0.25) is 5.89 Å². The van der Waals surface area contributed by atoms with Crippen LogP contribution in [0, 0.1) is 6.92 Å². The van der Waals surface area contributed by atoms with Crippen molar-refractivity contribution in [2.45, 2.75) is 32.2 Å². The Labute approximate surface area is 155 Å². The van der Waals surface area contributed by atoms with Crippen molar-refractivity contribution in [3.05, 3.63) is 64.0 Å². The third kappa shape index (κ3) is 3.53. The quantitative estimate of drug-likeness (QED) is 0.744. The highest BCUT2D eigenvalue weighted by Gasteiger charge is 2.30. The Morgan fingerprint density at radius 1 is 1.22 bits per heavy atom. The van der Waals surface area contributed by atoms with Gasteiger partial charge in [-0.2, -0.15) is 5.10 Å². The van der Waals surface area contributed by atoms with Crippen LogP contribution in [0.4, 0.5) is 0 Å². The second-order valence-corrected chi connectivity index (χ2v) is 6.65. The van der Waals surface area contributed by atoms with E-state index in [1.54, 1.807) is 16.4 Å². The number of rotatable bonds is 4. The fraction of sp³-hybridized carbons (Fsp3) is 0.389.